The average Bonchev–Trinajstić information content (AvgIpc) is 2.37. The summed E-state index contributed by atoms with van der Waals surface area (Å²) in [6.45, 7) is 2.02. The van der Waals surface area contributed by atoms with E-state index in [-0.39, 0.29) is 11.9 Å². The van der Waals surface area contributed by atoms with Crippen LogP contribution in [0.2, 0.25) is 5.02 Å². The Bertz CT molecular complexity index is 601. The Labute approximate surface area is 125 Å². The Morgan fingerprint density at radius 3 is 2.68 bits per heavy atom. The van der Waals surface area contributed by atoms with Crippen molar-refractivity contribution in [1.29, 1.82) is 0 Å². The van der Waals surface area contributed by atoms with Crippen LogP contribution in [0.3, 0.4) is 0 Å². The fourth-order valence-electron chi connectivity index (χ4n) is 1.89. The molecule has 1 atom stereocenters. The minimum absolute atomic E-state index is 0.212. The number of hydrogen-bond donors (Lipinski definition) is 1. The zero-order valence-corrected chi connectivity index (χ0v) is 12.8. The minimum atomic E-state index is -0.295. The van der Waals surface area contributed by atoms with E-state index in [1.54, 1.807) is 6.07 Å². The number of halogens is 3. The van der Waals surface area contributed by atoms with Crippen LogP contribution in [0.1, 0.15) is 22.7 Å². The van der Waals surface area contributed by atoms with Gasteiger partial charge in [-0.15, -0.1) is 0 Å². The minimum Gasteiger partial charge on any atom is -0.324 e. The van der Waals surface area contributed by atoms with Gasteiger partial charge in [-0.2, -0.15) is 0 Å². The van der Waals surface area contributed by atoms with Gasteiger partial charge in [0.1, 0.15) is 5.82 Å². The lowest BCUT2D eigenvalue weighted by molar-refractivity contribution is 0.622. The summed E-state index contributed by atoms with van der Waals surface area (Å²) >= 11 is 9.54. The lowest BCUT2D eigenvalue weighted by Crippen LogP contribution is -2.13. The number of rotatable bonds is 3. The van der Waals surface area contributed by atoms with Gasteiger partial charge >= 0.3 is 0 Å². The van der Waals surface area contributed by atoms with Gasteiger partial charge in [-0.25, -0.2) is 4.39 Å². The summed E-state index contributed by atoms with van der Waals surface area (Å²) in [5, 5.41) is 0.544. The largest absolute Gasteiger partial charge is 0.324 e. The topological polar surface area (TPSA) is 26.0 Å². The molecule has 0 spiro atoms. The molecule has 0 radical (unpaired) electrons. The Kier molecular flexibility index (Phi) is 4.61. The van der Waals surface area contributed by atoms with Crippen LogP contribution < -0.4 is 5.73 Å². The summed E-state index contributed by atoms with van der Waals surface area (Å²) in [7, 11) is 0. The van der Waals surface area contributed by atoms with E-state index in [0.29, 0.717) is 11.4 Å². The molecule has 0 fully saturated rings. The van der Waals surface area contributed by atoms with Gasteiger partial charge < -0.3 is 5.73 Å². The maximum Gasteiger partial charge on any atom is 0.123 e. The zero-order valence-electron chi connectivity index (χ0n) is 10.5. The van der Waals surface area contributed by atoms with E-state index in [1.165, 1.54) is 12.1 Å². The Morgan fingerprint density at radius 2 is 2.00 bits per heavy atom. The van der Waals surface area contributed by atoms with E-state index in [4.69, 9.17) is 17.3 Å². The monoisotopic (exact) mass is 341 g/mol. The van der Waals surface area contributed by atoms with Crippen molar-refractivity contribution in [2.24, 2.45) is 5.73 Å². The third-order valence-electron chi connectivity index (χ3n) is 3.07. The molecule has 0 aromatic heterocycles. The molecule has 100 valence electrons. The summed E-state index contributed by atoms with van der Waals surface area (Å²) in [6.07, 6.45) is 0.506. The van der Waals surface area contributed by atoms with Gasteiger partial charge in [0.2, 0.25) is 0 Å². The predicted molar refractivity (Wildman–Crippen MR) is 80.9 cm³/mol. The van der Waals surface area contributed by atoms with Gasteiger partial charge in [0.15, 0.2) is 0 Å². The Hall–Kier alpha value is -0.900. The van der Waals surface area contributed by atoms with Crippen LogP contribution in [0.4, 0.5) is 4.39 Å². The fourth-order valence-corrected chi connectivity index (χ4v) is 2.49. The molecule has 0 aliphatic rings. The molecule has 2 N–H and O–H groups in total. The molecule has 0 heterocycles. The lowest BCUT2D eigenvalue weighted by Gasteiger charge is -2.14. The van der Waals surface area contributed by atoms with E-state index in [2.05, 4.69) is 15.9 Å². The molecule has 0 saturated heterocycles. The van der Waals surface area contributed by atoms with E-state index in [0.717, 1.165) is 21.2 Å². The Balaban J connectivity index is 2.22. The van der Waals surface area contributed by atoms with Crippen molar-refractivity contribution >= 4 is 27.5 Å². The first-order valence-corrected chi connectivity index (χ1v) is 7.10. The quantitative estimate of drug-likeness (QED) is 0.852. The first kappa shape index (κ1) is 14.5. The highest BCUT2D eigenvalue weighted by molar-refractivity contribution is 9.10. The van der Waals surface area contributed by atoms with Crippen molar-refractivity contribution in [2.45, 2.75) is 19.4 Å². The fraction of sp³-hybridized carbons (Fsp3) is 0.200. The van der Waals surface area contributed by atoms with Crippen LogP contribution in [0.25, 0.3) is 0 Å². The van der Waals surface area contributed by atoms with Gasteiger partial charge in [0.25, 0.3) is 0 Å². The highest BCUT2D eigenvalue weighted by Gasteiger charge is 2.11. The van der Waals surface area contributed by atoms with Gasteiger partial charge in [-0.05, 0) is 54.3 Å². The normalized spacial score (nSPS) is 12.5. The first-order valence-electron chi connectivity index (χ1n) is 5.93. The average molecular weight is 343 g/mol. The van der Waals surface area contributed by atoms with Crippen LogP contribution in [0.15, 0.2) is 40.9 Å². The molecule has 2 aromatic carbocycles. The molecular weight excluding hydrogens is 329 g/mol. The van der Waals surface area contributed by atoms with E-state index in [9.17, 15) is 4.39 Å². The van der Waals surface area contributed by atoms with Crippen LogP contribution in [-0.4, -0.2) is 0 Å². The predicted octanol–water partition coefficient (Wildman–Crippen LogP) is 4.79. The van der Waals surface area contributed by atoms with Gasteiger partial charge in [0, 0.05) is 15.5 Å². The molecule has 0 amide bonds. The van der Waals surface area contributed by atoms with Crippen molar-refractivity contribution in [3.05, 3.63) is 68.4 Å². The molecule has 2 aromatic rings. The van der Waals surface area contributed by atoms with E-state index < -0.39 is 0 Å². The maximum atomic E-state index is 13.2. The number of benzene rings is 2. The first-order chi connectivity index (χ1) is 8.97. The second-order valence-electron chi connectivity index (χ2n) is 4.55. The molecule has 4 heteroatoms. The van der Waals surface area contributed by atoms with E-state index >= 15 is 0 Å². The van der Waals surface area contributed by atoms with Crippen molar-refractivity contribution in [1.82, 2.24) is 0 Å². The SMILES string of the molecule is Cc1ccc(C(N)Cc2cc(F)ccc2Cl)cc1Br. The van der Waals surface area contributed by atoms with Crippen molar-refractivity contribution in [2.75, 3.05) is 0 Å². The Morgan fingerprint density at radius 1 is 1.26 bits per heavy atom. The number of aryl methyl sites for hydroxylation is 1. The second kappa shape index (κ2) is 6.04. The van der Waals surface area contributed by atoms with Gasteiger partial charge in [-0.3, -0.25) is 0 Å². The molecule has 0 aliphatic heterocycles. The van der Waals surface area contributed by atoms with Crippen LogP contribution >= 0.6 is 27.5 Å². The van der Waals surface area contributed by atoms with Crippen molar-refractivity contribution < 1.29 is 4.39 Å². The van der Waals surface area contributed by atoms with Crippen molar-refractivity contribution in [3.63, 3.8) is 0 Å². The highest BCUT2D eigenvalue weighted by atomic mass is 79.9. The van der Waals surface area contributed by atoms with Crippen LogP contribution in [-0.2, 0) is 6.42 Å². The van der Waals surface area contributed by atoms with Crippen molar-refractivity contribution in [3.8, 4) is 0 Å². The molecule has 1 unspecified atom stereocenters. The van der Waals surface area contributed by atoms with E-state index in [1.807, 2.05) is 25.1 Å². The molecule has 0 saturated carbocycles. The molecule has 2 rings (SSSR count). The smallest absolute Gasteiger partial charge is 0.123 e. The second-order valence-corrected chi connectivity index (χ2v) is 5.82. The maximum absolute atomic E-state index is 13.2. The van der Waals surface area contributed by atoms with Crippen LogP contribution in [0.5, 0.6) is 0 Å². The standard InChI is InChI=1S/C15H14BrClFN/c1-9-2-3-10(7-13(9)16)15(19)8-11-6-12(18)4-5-14(11)17/h2-7,15H,8,19H2,1H3. The van der Waals surface area contributed by atoms with Gasteiger partial charge in [-0.1, -0.05) is 39.7 Å². The molecule has 1 nitrogen and oxygen atoms in total. The zero-order chi connectivity index (χ0) is 14.0. The highest BCUT2D eigenvalue weighted by Crippen LogP contribution is 2.26. The number of nitrogens with two attached hydrogens (primary N) is 1. The lowest BCUT2D eigenvalue weighted by atomic mass is 9.99. The summed E-state index contributed by atoms with van der Waals surface area (Å²) in [5.74, 6) is -0.295. The summed E-state index contributed by atoms with van der Waals surface area (Å²) in [6, 6.07) is 10.1. The molecule has 0 aliphatic carbocycles. The third-order valence-corrected chi connectivity index (χ3v) is 4.29. The van der Waals surface area contributed by atoms with Crippen LogP contribution in [0, 0.1) is 12.7 Å². The molecular formula is C15H14BrClFN. The third kappa shape index (κ3) is 3.56. The summed E-state index contributed by atoms with van der Waals surface area (Å²) in [5.41, 5.74) is 9.04. The summed E-state index contributed by atoms with van der Waals surface area (Å²) < 4.78 is 14.2. The number of hydrogen-bond acceptors (Lipinski definition) is 1. The molecule has 19 heavy (non-hydrogen) atoms. The van der Waals surface area contributed by atoms with Gasteiger partial charge in [0.05, 0.1) is 0 Å². The molecule has 0 bridgehead atoms. The summed E-state index contributed by atoms with van der Waals surface area (Å²) in [4.78, 5) is 0.